The van der Waals surface area contributed by atoms with Crippen molar-refractivity contribution in [2.45, 2.75) is 18.7 Å². The van der Waals surface area contributed by atoms with Crippen molar-refractivity contribution in [2.75, 3.05) is 6.54 Å². The first-order valence-electron chi connectivity index (χ1n) is 5.84. The molecule has 2 rings (SSSR count). The predicted molar refractivity (Wildman–Crippen MR) is 73.0 cm³/mol. The number of hydrogen-bond acceptors (Lipinski definition) is 3. The van der Waals surface area contributed by atoms with Crippen LogP contribution in [0.1, 0.15) is 12.5 Å². The molecule has 1 aromatic rings. The summed E-state index contributed by atoms with van der Waals surface area (Å²) < 4.78 is 25.7. The minimum absolute atomic E-state index is 0.0599. The summed E-state index contributed by atoms with van der Waals surface area (Å²) in [4.78, 5) is 12.1. The lowest BCUT2D eigenvalue weighted by Crippen LogP contribution is -2.33. The smallest absolute Gasteiger partial charge is 0.267 e. The van der Waals surface area contributed by atoms with Crippen molar-refractivity contribution in [3.8, 4) is 0 Å². The minimum Gasteiger partial charge on any atom is -0.268 e. The summed E-state index contributed by atoms with van der Waals surface area (Å²) >= 11 is 0. The highest BCUT2D eigenvalue weighted by molar-refractivity contribution is 7.89. The van der Waals surface area contributed by atoms with Crippen LogP contribution in [0.5, 0.6) is 0 Å². The monoisotopic (exact) mass is 277 g/mol. The third kappa shape index (κ3) is 2.21. The molecule has 1 aromatic carbocycles. The predicted octanol–water partition coefficient (Wildman–Crippen LogP) is 2.03. The first-order chi connectivity index (χ1) is 8.87. The summed E-state index contributed by atoms with van der Waals surface area (Å²) in [7, 11) is -3.79. The van der Waals surface area contributed by atoms with Crippen LogP contribution in [0, 0.1) is 6.92 Å². The fourth-order valence-corrected chi connectivity index (χ4v) is 3.32. The van der Waals surface area contributed by atoms with Crippen molar-refractivity contribution in [2.24, 2.45) is 0 Å². The third-order valence-electron chi connectivity index (χ3n) is 3.20. The first-order valence-corrected chi connectivity index (χ1v) is 7.28. The highest BCUT2D eigenvalue weighted by Gasteiger charge is 2.35. The highest BCUT2D eigenvalue weighted by atomic mass is 32.2. The molecule has 0 fully saturated rings. The van der Waals surface area contributed by atoms with E-state index in [9.17, 15) is 13.2 Å². The summed E-state index contributed by atoms with van der Waals surface area (Å²) in [5, 5.41) is 0. The van der Waals surface area contributed by atoms with Crippen molar-refractivity contribution in [1.82, 2.24) is 4.31 Å². The summed E-state index contributed by atoms with van der Waals surface area (Å²) in [5.41, 5.74) is 2.05. The van der Waals surface area contributed by atoms with Gasteiger partial charge in [-0.2, -0.15) is 0 Å². The molecule has 1 aliphatic heterocycles. The number of benzene rings is 1. The number of aryl methyl sites for hydroxylation is 1. The van der Waals surface area contributed by atoms with Gasteiger partial charge in [0.15, 0.2) is 0 Å². The molecule has 0 atom stereocenters. The van der Waals surface area contributed by atoms with E-state index in [1.807, 2.05) is 6.92 Å². The van der Waals surface area contributed by atoms with Gasteiger partial charge >= 0.3 is 0 Å². The van der Waals surface area contributed by atoms with Crippen LogP contribution < -0.4 is 0 Å². The van der Waals surface area contributed by atoms with E-state index < -0.39 is 15.9 Å². The first kappa shape index (κ1) is 13.5. The van der Waals surface area contributed by atoms with Gasteiger partial charge in [-0.05, 0) is 31.6 Å². The lowest BCUT2D eigenvalue weighted by Gasteiger charge is -2.17. The van der Waals surface area contributed by atoms with Crippen LogP contribution >= 0.6 is 0 Å². The molecular weight excluding hydrogens is 262 g/mol. The second-order valence-corrected chi connectivity index (χ2v) is 6.35. The van der Waals surface area contributed by atoms with E-state index in [0.717, 1.165) is 9.87 Å². The molecule has 0 saturated carbocycles. The Morgan fingerprint density at radius 3 is 2.26 bits per heavy atom. The minimum atomic E-state index is -3.79. The molecule has 1 heterocycles. The van der Waals surface area contributed by atoms with Crippen molar-refractivity contribution in [3.05, 3.63) is 53.6 Å². The Morgan fingerprint density at radius 2 is 1.79 bits per heavy atom. The van der Waals surface area contributed by atoms with E-state index in [-0.39, 0.29) is 11.4 Å². The largest absolute Gasteiger partial charge is 0.268 e. The molecule has 0 aliphatic carbocycles. The standard InChI is InChI=1S/C14H15NO3S/c1-4-12-9-15(14(16)11(12)3)19(17,18)13-7-5-10(2)6-8-13/h4-8H,1,9H2,2-3H3. The van der Waals surface area contributed by atoms with Gasteiger partial charge in [-0.1, -0.05) is 30.4 Å². The van der Waals surface area contributed by atoms with Gasteiger partial charge in [0.2, 0.25) is 0 Å². The zero-order valence-corrected chi connectivity index (χ0v) is 11.7. The zero-order valence-electron chi connectivity index (χ0n) is 10.9. The average molecular weight is 277 g/mol. The van der Waals surface area contributed by atoms with Gasteiger partial charge in [0.1, 0.15) is 0 Å². The molecular formula is C14H15NO3S. The molecule has 0 aromatic heterocycles. The number of nitrogens with zero attached hydrogens (tertiary/aromatic N) is 1. The lowest BCUT2D eigenvalue weighted by atomic mass is 10.2. The molecule has 1 aliphatic rings. The van der Waals surface area contributed by atoms with Gasteiger partial charge in [-0.25, -0.2) is 12.7 Å². The van der Waals surface area contributed by atoms with Crippen LogP contribution in [-0.2, 0) is 14.8 Å². The van der Waals surface area contributed by atoms with E-state index >= 15 is 0 Å². The summed E-state index contributed by atoms with van der Waals surface area (Å²) in [5.74, 6) is -0.476. The number of amides is 1. The second kappa shape index (κ2) is 4.66. The Labute approximate surface area is 113 Å². The maximum Gasteiger partial charge on any atom is 0.267 e. The van der Waals surface area contributed by atoms with Gasteiger partial charge < -0.3 is 0 Å². The number of carbonyl (C=O) groups is 1. The molecule has 0 spiro atoms. The molecule has 5 heteroatoms. The summed E-state index contributed by atoms with van der Waals surface area (Å²) in [6, 6.07) is 6.45. The van der Waals surface area contributed by atoms with Gasteiger partial charge in [0, 0.05) is 5.57 Å². The van der Waals surface area contributed by atoms with E-state index in [0.29, 0.717) is 11.1 Å². The maximum atomic E-state index is 12.4. The van der Waals surface area contributed by atoms with Gasteiger partial charge in [-0.15, -0.1) is 0 Å². The maximum absolute atomic E-state index is 12.4. The fraction of sp³-hybridized carbons (Fsp3) is 0.214. The van der Waals surface area contributed by atoms with Crippen molar-refractivity contribution < 1.29 is 13.2 Å². The van der Waals surface area contributed by atoms with Crippen LogP contribution in [0.4, 0.5) is 0 Å². The molecule has 0 N–H and O–H groups in total. The topological polar surface area (TPSA) is 54.5 Å². The quantitative estimate of drug-likeness (QED) is 0.849. The SMILES string of the molecule is C=CC1=C(C)C(=O)N(S(=O)(=O)c2ccc(C)cc2)C1. The normalized spacial score (nSPS) is 16.1. The molecule has 0 unspecified atom stereocenters. The third-order valence-corrected chi connectivity index (χ3v) is 4.94. The van der Waals surface area contributed by atoms with Crippen molar-refractivity contribution >= 4 is 15.9 Å². The fourth-order valence-electron chi connectivity index (χ4n) is 1.92. The molecule has 100 valence electrons. The summed E-state index contributed by atoms with van der Waals surface area (Å²) in [6.45, 7) is 7.15. The number of carbonyl (C=O) groups excluding carboxylic acids is 1. The molecule has 0 saturated heterocycles. The average Bonchev–Trinajstić information content (AvgIpc) is 2.67. The Kier molecular flexibility index (Phi) is 3.32. The summed E-state index contributed by atoms with van der Waals surface area (Å²) in [6.07, 6.45) is 1.53. The molecule has 4 nitrogen and oxygen atoms in total. The number of rotatable bonds is 3. The van der Waals surface area contributed by atoms with Crippen molar-refractivity contribution in [1.29, 1.82) is 0 Å². The van der Waals surface area contributed by atoms with Crippen LogP contribution in [0.2, 0.25) is 0 Å². The van der Waals surface area contributed by atoms with E-state index in [1.54, 1.807) is 19.1 Å². The van der Waals surface area contributed by atoms with E-state index in [1.165, 1.54) is 18.2 Å². The molecule has 0 bridgehead atoms. The molecule has 1 amide bonds. The van der Waals surface area contributed by atoms with Gasteiger partial charge in [0.05, 0.1) is 11.4 Å². The van der Waals surface area contributed by atoms with Crippen LogP contribution in [0.15, 0.2) is 53.0 Å². The van der Waals surface area contributed by atoms with Crippen LogP contribution in [-0.4, -0.2) is 25.2 Å². The van der Waals surface area contributed by atoms with E-state index in [2.05, 4.69) is 6.58 Å². The Morgan fingerprint density at radius 1 is 1.21 bits per heavy atom. The second-order valence-electron chi connectivity index (χ2n) is 4.48. The van der Waals surface area contributed by atoms with E-state index in [4.69, 9.17) is 0 Å². The molecule has 0 radical (unpaired) electrons. The zero-order chi connectivity index (χ0) is 14.2. The molecule has 19 heavy (non-hydrogen) atoms. The van der Waals surface area contributed by atoms with Crippen LogP contribution in [0.25, 0.3) is 0 Å². The number of hydrogen-bond donors (Lipinski definition) is 0. The van der Waals surface area contributed by atoms with Gasteiger partial charge in [-0.3, -0.25) is 4.79 Å². The van der Waals surface area contributed by atoms with Crippen LogP contribution in [0.3, 0.4) is 0 Å². The highest BCUT2D eigenvalue weighted by Crippen LogP contribution is 2.26. The Balaban J connectivity index is 2.41. The Hall–Kier alpha value is -1.88. The Bertz CT molecular complexity index is 669. The van der Waals surface area contributed by atoms with Crippen molar-refractivity contribution in [3.63, 3.8) is 0 Å². The lowest BCUT2D eigenvalue weighted by molar-refractivity contribution is -0.121. The number of sulfonamides is 1. The van der Waals surface area contributed by atoms with Gasteiger partial charge in [0.25, 0.3) is 15.9 Å².